The molecular weight excluding hydrogens is 216 g/mol. The molecule has 1 fully saturated rings. The second-order valence-corrected chi connectivity index (χ2v) is 4.56. The van der Waals surface area contributed by atoms with Crippen molar-refractivity contribution < 1.29 is 9.47 Å². The van der Waals surface area contributed by atoms with E-state index in [0.29, 0.717) is 6.04 Å². The molecule has 2 aliphatic rings. The third kappa shape index (κ3) is 2.53. The van der Waals surface area contributed by atoms with Crippen LogP contribution in [0.25, 0.3) is 0 Å². The fourth-order valence-corrected chi connectivity index (χ4v) is 2.36. The van der Waals surface area contributed by atoms with Gasteiger partial charge in [0, 0.05) is 19.6 Å². The van der Waals surface area contributed by atoms with Gasteiger partial charge in [-0.1, -0.05) is 12.1 Å². The predicted molar refractivity (Wildman–Crippen MR) is 66.6 cm³/mol. The number of benzene rings is 1. The second kappa shape index (κ2) is 4.94. The molecule has 4 heteroatoms. The Morgan fingerprint density at radius 3 is 2.94 bits per heavy atom. The van der Waals surface area contributed by atoms with Crippen molar-refractivity contribution in [1.82, 2.24) is 4.90 Å². The maximum absolute atomic E-state index is 5.76. The minimum atomic E-state index is 0.378. The summed E-state index contributed by atoms with van der Waals surface area (Å²) in [6.45, 7) is 5.53. The molecule has 4 nitrogen and oxygen atoms in total. The molecule has 0 spiro atoms. The molecule has 0 aromatic heterocycles. The molecule has 1 aromatic carbocycles. The van der Waals surface area contributed by atoms with Gasteiger partial charge in [0.05, 0.1) is 24.9 Å². The van der Waals surface area contributed by atoms with Gasteiger partial charge >= 0.3 is 0 Å². The molecule has 1 aromatic rings. The van der Waals surface area contributed by atoms with Crippen LogP contribution in [0.1, 0.15) is 0 Å². The van der Waals surface area contributed by atoms with Crippen molar-refractivity contribution in [3.8, 4) is 5.75 Å². The lowest BCUT2D eigenvalue weighted by Gasteiger charge is -2.33. The van der Waals surface area contributed by atoms with Gasteiger partial charge in [0.1, 0.15) is 12.4 Å². The van der Waals surface area contributed by atoms with E-state index >= 15 is 0 Å². The highest BCUT2D eigenvalue weighted by molar-refractivity contribution is 5.58. The summed E-state index contributed by atoms with van der Waals surface area (Å²) in [5.74, 6) is 0.964. The van der Waals surface area contributed by atoms with Crippen LogP contribution in [0.3, 0.4) is 0 Å². The quantitative estimate of drug-likeness (QED) is 0.833. The van der Waals surface area contributed by atoms with Crippen LogP contribution < -0.4 is 10.1 Å². The van der Waals surface area contributed by atoms with E-state index in [1.165, 1.54) is 0 Å². The first-order valence-corrected chi connectivity index (χ1v) is 6.20. The molecule has 17 heavy (non-hydrogen) atoms. The van der Waals surface area contributed by atoms with E-state index in [2.05, 4.69) is 16.3 Å². The SMILES string of the molecule is c1ccc2c(c1)N[C@H](CN1CCOCC1)CO2. The fourth-order valence-electron chi connectivity index (χ4n) is 2.36. The number of hydrogen-bond donors (Lipinski definition) is 1. The van der Waals surface area contributed by atoms with Gasteiger partial charge in [-0.3, -0.25) is 4.90 Å². The van der Waals surface area contributed by atoms with Gasteiger partial charge in [0.2, 0.25) is 0 Å². The minimum absolute atomic E-state index is 0.378. The number of morpholine rings is 1. The minimum Gasteiger partial charge on any atom is -0.489 e. The molecule has 0 saturated carbocycles. The van der Waals surface area contributed by atoms with Crippen LogP contribution in [0.2, 0.25) is 0 Å². The average molecular weight is 234 g/mol. The third-order valence-electron chi connectivity index (χ3n) is 3.27. The van der Waals surface area contributed by atoms with Crippen LogP contribution in [-0.2, 0) is 4.74 Å². The van der Waals surface area contributed by atoms with Crippen molar-refractivity contribution in [2.75, 3.05) is 44.8 Å². The van der Waals surface area contributed by atoms with Crippen molar-refractivity contribution in [2.45, 2.75) is 6.04 Å². The van der Waals surface area contributed by atoms with E-state index in [1.54, 1.807) is 0 Å². The summed E-state index contributed by atoms with van der Waals surface area (Å²) in [7, 11) is 0. The first-order valence-electron chi connectivity index (χ1n) is 6.20. The van der Waals surface area contributed by atoms with Gasteiger partial charge < -0.3 is 14.8 Å². The number of hydrogen-bond acceptors (Lipinski definition) is 4. The summed E-state index contributed by atoms with van der Waals surface area (Å²) in [6.07, 6.45) is 0. The van der Waals surface area contributed by atoms with E-state index in [1.807, 2.05) is 18.2 Å². The number of ether oxygens (including phenoxy) is 2. The topological polar surface area (TPSA) is 33.7 Å². The summed E-state index contributed by atoms with van der Waals surface area (Å²) in [5.41, 5.74) is 1.11. The van der Waals surface area contributed by atoms with E-state index in [0.717, 1.165) is 50.9 Å². The Morgan fingerprint density at radius 2 is 2.06 bits per heavy atom. The lowest BCUT2D eigenvalue weighted by atomic mass is 10.2. The van der Waals surface area contributed by atoms with Crippen LogP contribution in [0.4, 0.5) is 5.69 Å². The van der Waals surface area contributed by atoms with Gasteiger partial charge in [-0.25, -0.2) is 0 Å². The van der Waals surface area contributed by atoms with Crippen LogP contribution in [0.5, 0.6) is 5.75 Å². The zero-order valence-electron chi connectivity index (χ0n) is 9.89. The molecule has 0 unspecified atom stereocenters. The van der Waals surface area contributed by atoms with Gasteiger partial charge in [-0.05, 0) is 12.1 Å². The molecule has 2 aliphatic heterocycles. The highest BCUT2D eigenvalue weighted by atomic mass is 16.5. The molecule has 1 saturated heterocycles. The molecule has 0 aliphatic carbocycles. The smallest absolute Gasteiger partial charge is 0.142 e. The van der Waals surface area contributed by atoms with Crippen molar-refractivity contribution in [2.24, 2.45) is 0 Å². The number of para-hydroxylation sites is 2. The molecular formula is C13H18N2O2. The van der Waals surface area contributed by atoms with Crippen molar-refractivity contribution in [3.05, 3.63) is 24.3 Å². The monoisotopic (exact) mass is 234 g/mol. The van der Waals surface area contributed by atoms with E-state index < -0.39 is 0 Å². The third-order valence-corrected chi connectivity index (χ3v) is 3.27. The standard InChI is InChI=1S/C13H18N2O2/c1-2-4-13-12(3-1)14-11(10-17-13)9-15-5-7-16-8-6-15/h1-4,11,14H,5-10H2/t11-/m1/s1. The fraction of sp³-hybridized carbons (Fsp3) is 0.538. The van der Waals surface area contributed by atoms with Crippen molar-refractivity contribution in [1.29, 1.82) is 0 Å². The Hall–Kier alpha value is -1.26. The molecule has 1 N–H and O–H groups in total. The van der Waals surface area contributed by atoms with Crippen LogP contribution >= 0.6 is 0 Å². The Balaban J connectivity index is 1.60. The van der Waals surface area contributed by atoms with Crippen LogP contribution in [0.15, 0.2) is 24.3 Å². The molecule has 0 bridgehead atoms. The Bertz CT molecular complexity index is 377. The predicted octanol–water partition coefficient (Wildman–Crippen LogP) is 1.19. The number of fused-ring (bicyclic) bond motifs is 1. The number of anilines is 1. The van der Waals surface area contributed by atoms with E-state index in [-0.39, 0.29) is 0 Å². The summed E-state index contributed by atoms with van der Waals surface area (Å²) < 4.78 is 11.1. The molecule has 1 atom stereocenters. The van der Waals surface area contributed by atoms with Gasteiger partial charge in [-0.2, -0.15) is 0 Å². The van der Waals surface area contributed by atoms with Gasteiger partial charge in [0.25, 0.3) is 0 Å². The zero-order chi connectivity index (χ0) is 11.5. The first kappa shape index (κ1) is 10.9. The van der Waals surface area contributed by atoms with Gasteiger partial charge in [0.15, 0.2) is 0 Å². The maximum Gasteiger partial charge on any atom is 0.142 e. The second-order valence-electron chi connectivity index (χ2n) is 4.56. The summed E-state index contributed by atoms with van der Waals surface area (Å²) in [5, 5.41) is 3.54. The molecule has 0 radical (unpaired) electrons. The molecule has 92 valence electrons. The largest absolute Gasteiger partial charge is 0.489 e. The first-order chi connectivity index (χ1) is 8.42. The van der Waals surface area contributed by atoms with Crippen molar-refractivity contribution >= 4 is 5.69 Å². The Kier molecular flexibility index (Phi) is 3.16. The Labute approximate surface area is 102 Å². The van der Waals surface area contributed by atoms with Crippen LogP contribution in [-0.4, -0.2) is 50.4 Å². The highest BCUT2D eigenvalue weighted by Crippen LogP contribution is 2.28. The number of rotatable bonds is 2. The molecule has 3 rings (SSSR count). The van der Waals surface area contributed by atoms with E-state index in [4.69, 9.17) is 9.47 Å². The molecule has 0 amide bonds. The number of nitrogens with one attached hydrogen (secondary N) is 1. The average Bonchev–Trinajstić information content (AvgIpc) is 2.40. The maximum atomic E-state index is 5.76. The van der Waals surface area contributed by atoms with E-state index in [9.17, 15) is 0 Å². The normalized spacial score (nSPS) is 24.6. The lowest BCUT2D eigenvalue weighted by molar-refractivity contribution is 0.0336. The lowest BCUT2D eigenvalue weighted by Crippen LogP contribution is -2.46. The molecule has 2 heterocycles. The Morgan fingerprint density at radius 1 is 1.24 bits per heavy atom. The summed E-state index contributed by atoms with van der Waals surface area (Å²) in [6, 6.07) is 8.49. The zero-order valence-corrected chi connectivity index (χ0v) is 9.89. The van der Waals surface area contributed by atoms with Gasteiger partial charge in [-0.15, -0.1) is 0 Å². The number of nitrogens with zero attached hydrogens (tertiary/aromatic N) is 1. The summed E-state index contributed by atoms with van der Waals surface area (Å²) >= 11 is 0. The summed E-state index contributed by atoms with van der Waals surface area (Å²) in [4.78, 5) is 2.43. The van der Waals surface area contributed by atoms with Crippen LogP contribution in [0, 0.1) is 0 Å². The van der Waals surface area contributed by atoms with Crippen molar-refractivity contribution in [3.63, 3.8) is 0 Å². The highest BCUT2D eigenvalue weighted by Gasteiger charge is 2.21.